The molecule has 9 nitrogen and oxygen atoms in total. The van der Waals surface area contributed by atoms with Crippen LogP contribution in [0.5, 0.6) is 5.75 Å². The van der Waals surface area contributed by atoms with Crippen LogP contribution in [0.25, 0.3) is 11.1 Å². The summed E-state index contributed by atoms with van der Waals surface area (Å²) in [4.78, 5) is 42.4. The first-order valence-electron chi connectivity index (χ1n) is 11.2. The topological polar surface area (TPSA) is 136 Å². The molecule has 4 rings (SSSR count). The number of benzene rings is 1. The van der Waals surface area contributed by atoms with E-state index in [1.165, 1.54) is 25.3 Å². The van der Waals surface area contributed by atoms with Gasteiger partial charge in [-0.1, -0.05) is 5.92 Å². The molecule has 0 atom stereocenters. The Hall–Kier alpha value is -4.11. The van der Waals surface area contributed by atoms with Crippen molar-refractivity contribution < 1.29 is 27.9 Å². The van der Waals surface area contributed by atoms with Gasteiger partial charge in [-0.05, 0) is 54.8 Å². The lowest BCUT2D eigenvalue weighted by Gasteiger charge is -2.19. The number of hydrogen-bond acceptors (Lipinski definition) is 8. The first-order chi connectivity index (χ1) is 17.7. The summed E-state index contributed by atoms with van der Waals surface area (Å²) >= 11 is 0.662. The summed E-state index contributed by atoms with van der Waals surface area (Å²) in [6.45, 7) is 0. The molecule has 3 N–H and O–H groups in total. The minimum Gasteiger partial charge on any atom is -0.494 e. The molecule has 0 spiro atoms. The monoisotopic (exact) mass is 525 g/mol. The zero-order valence-electron chi connectivity index (χ0n) is 19.6. The molecule has 1 aliphatic heterocycles. The molecule has 12 heteroatoms. The minimum atomic E-state index is -2.90. The van der Waals surface area contributed by atoms with Crippen molar-refractivity contribution in [1.29, 1.82) is 10.8 Å². The Morgan fingerprint density at radius 3 is 2.51 bits per heavy atom. The summed E-state index contributed by atoms with van der Waals surface area (Å²) in [5, 5.41) is 17.9. The molecular weight excluding hydrogens is 504 g/mol. The van der Waals surface area contributed by atoms with Crippen molar-refractivity contribution in [1.82, 2.24) is 10.3 Å². The summed E-state index contributed by atoms with van der Waals surface area (Å²) in [5.74, 6) is 4.28. The molecule has 1 aromatic carbocycles. The van der Waals surface area contributed by atoms with Gasteiger partial charge in [0.05, 0.1) is 19.0 Å². The number of halogens is 2. The van der Waals surface area contributed by atoms with E-state index in [4.69, 9.17) is 15.6 Å². The summed E-state index contributed by atoms with van der Waals surface area (Å²) in [6, 6.07) is 5.15. The lowest BCUT2D eigenvalue weighted by molar-refractivity contribution is -0.121. The number of anilines is 1. The van der Waals surface area contributed by atoms with E-state index in [0.717, 1.165) is 30.0 Å². The van der Waals surface area contributed by atoms with Crippen LogP contribution in [0.2, 0.25) is 0 Å². The van der Waals surface area contributed by atoms with Gasteiger partial charge >= 0.3 is 0 Å². The third kappa shape index (κ3) is 6.00. The third-order valence-corrected chi connectivity index (χ3v) is 6.19. The van der Waals surface area contributed by atoms with Gasteiger partial charge in [-0.2, -0.15) is 0 Å². The number of imide groups is 1. The Balaban J connectivity index is 1.71. The number of rotatable bonds is 5. The first-order valence-corrected chi connectivity index (χ1v) is 12.0. The number of alkyl halides is 2. The van der Waals surface area contributed by atoms with Crippen LogP contribution in [0.4, 0.5) is 14.5 Å². The molecule has 0 unspecified atom stereocenters. The highest BCUT2D eigenvalue weighted by Crippen LogP contribution is 2.37. The van der Waals surface area contributed by atoms with E-state index < -0.39 is 29.8 Å². The normalized spacial score (nSPS) is 14.9. The number of carbonyl (C=O) groups is 3. The fourth-order valence-corrected chi connectivity index (χ4v) is 4.08. The van der Waals surface area contributed by atoms with Gasteiger partial charge in [-0.25, -0.2) is 8.78 Å². The van der Waals surface area contributed by atoms with E-state index in [1.807, 2.05) is 0 Å². The average Bonchev–Trinajstić information content (AvgIpc) is 3.64. The standard InChI is InChI=1S/C25H21F2N5O4S/c1-36-19-12-30-18(23(26)27)11-17(19)16-10-14(32-21(33)8-9-22(32)34)5-6-15(16)24(35)31-25(29)37-20(28)7-4-13-2-3-13/h5-6,10-13,23,28H,2-3,8-9H2,1H3,(H2,29,31,35). The highest BCUT2D eigenvalue weighted by molar-refractivity contribution is 8.26. The van der Waals surface area contributed by atoms with Gasteiger partial charge < -0.3 is 10.1 Å². The number of aromatic nitrogens is 1. The molecule has 190 valence electrons. The van der Waals surface area contributed by atoms with Crippen molar-refractivity contribution in [2.45, 2.75) is 32.1 Å². The van der Waals surface area contributed by atoms with E-state index in [-0.39, 0.29) is 57.1 Å². The smallest absolute Gasteiger partial charge is 0.280 e. The molecule has 3 amide bonds. The van der Waals surface area contributed by atoms with E-state index in [2.05, 4.69) is 22.1 Å². The number of nitrogens with one attached hydrogen (secondary N) is 3. The SMILES string of the molecule is COc1cnc(C(F)F)cc1-c1cc(N2C(=O)CCC2=O)ccc1C(=O)NC(=N)SC(=N)C#CC1CC1. The number of pyridine rings is 1. The molecule has 1 saturated carbocycles. The molecule has 1 aromatic heterocycles. The van der Waals surface area contributed by atoms with Crippen LogP contribution in [-0.4, -0.2) is 40.0 Å². The zero-order valence-corrected chi connectivity index (χ0v) is 20.4. The van der Waals surface area contributed by atoms with Crippen LogP contribution in [0.15, 0.2) is 30.5 Å². The highest BCUT2D eigenvalue weighted by atomic mass is 32.2. The second-order valence-electron chi connectivity index (χ2n) is 8.22. The van der Waals surface area contributed by atoms with E-state index in [1.54, 1.807) is 0 Å². The molecule has 1 aliphatic carbocycles. The van der Waals surface area contributed by atoms with E-state index >= 15 is 0 Å². The Morgan fingerprint density at radius 2 is 1.89 bits per heavy atom. The minimum absolute atomic E-state index is 0.0338. The Kier molecular flexibility index (Phi) is 7.63. The van der Waals surface area contributed by atoms with Crippen molar-refractivity contribution in [2.24, 2.45) is 5.92 Å². The second-order valence-corrected chi connectivity index (χ2v) is 9.24. The lowest BCUT2D eigenvalue weighted by atomic mass is 9.97. The number of ether oxygens (including phenoxy) is 1. The largest absolute Gasteiger partial charge is 0.494 e. The maximum absolute atomic E-state index is 13.5. The second kappa shape index (κ2) is 10.9. The predicted molar refractivity (Wildman–Crippen MR) is 134 cm³/mol. The maximum Gasteiger partial charge on any atom is 0.280 e. The van der Waals surface area contributed by atoms with Crippen molar-refractivity contribution in [3.8, 4) is 28.7 Å². The van der Waals surface area contributed by atoms with Crippen molar-refractivity contribution in [3.63, 3.8) is 0 Å². The summed E-state index contributed by atoms with van der Waals surface area (Å²) < 4.78 is 32.2. The number of methoxy groups -OCH3 is 1. The highest BCUT2D eigenvalue weighted by Gasteiger charge is 2.31. The van der Waals surface area contributed by atoms with Crippen molar-refractivity contribution in [2.75, 3.05) is 12.0 Å². The molecule has 0 radical (unpaired) electrons. The number of carbonyl (C=O) groups excluding carboxylic acids is 3. The molecular formula is C25H21F2N5O4S. The molecule has 2 aliphatic rings. The van der Waals surface area contributed by atoms with Crippen molar-refractivity contribution in [3.05, 3.63) is 41.7 Å². The fourth-order valence-electron chi connectivity index (χ4n) is 3.63. The van der Waals surface area contributed by atoms with Gasteiger partial charge in [0.2, 0.25) is 11.8 Å². The lowest BCUT2D eigenvalue weighted by Crippen LogP contribution is -2.30. The molecule has 1 saturated heterocycles. The molecule has 0 bridgehead atoms. The average molecular weight is 526 g/mol. The number of amidine groups is 1. The van der Waals surface area contributed by atoms with Crippen LogP contribution in [0, 0.1) is 28.6 Å². The van der Waals surface area contributed by atoms with Crippen LogP contribution in [0.3, 0.4) is 0 Å². The number of hydrogen-bond donors (Lipinski definition) is 3. The van der Waals surface area contributed by atoms with Crippen LogP contribution >= 0.6 is 11.8 Å². The quantitative estimate of drug-likeness (QED) is 0.232. The van der Waals surface area contributed by atoms with Gasteiger partial charge in [0.1, 0.15) is 16.5 Å². The van der Waals surface area contributed by atoms with Gasteiger partial charge in [-0.15, -0.1) is 0 Å². The number of amides is 3. The molecule has 2 heterocycles. The third-order valence-electron chi connectivity index (χ3n) is 5.58. The summed E-state index contributed by atoms with van der Waals surface area (Å²) in [7, 11) is 1.31. The van der Waals surface area contributed by atoms with Gasteiger partial charge in [-0.3, -0.25) is 35.1 Å². The maximum atomic E-state index is 13.5. The van der Waals surface area contributed by atoms with Crippen LogP contribution in [0.1, 0.15) is 48.2 Å². The molecule has 2 fully saturated rings. The van der Waals surface area contributed by atoms with E-state index in [0.29, 0.717) is 11.8 Å². The summed E-state index contributed by atoms with van der Waals surface area (Å²) in [5.41, 5.74) is -0.260. The van der Waals surface area contributed by atoms with Gasteiger partial charge in [0.25, 0.3) is 12.3 Å². The van der Waals surface area contributed by atoms with Gasteiger partial charge in [0, 0.05) is 35.4 Å². The Morgan fingerprint density at radius 1 is 1.19 bits per heavy atom. The van der Waals surface area contributed by atoms with Crippen molar-refractivity contribution >= 4 is 45.4 Å². The van der Waals surface area contributed by atoms with Crippen LogP contribution in [-0.2, 0) is 9.59 Å². The zero-order chi connectivity index (χ0) is 26.7. The summed E-state index contributed by atoms with van der Waals surface area (Å²) in [6.07, 6.45) is 0.230. The first kappa shape index (κ1) is 26.0. The predicted octanol–water partition coefficient (Wildman–Crippen LogP) is 4.14. The molecule has 37 heavy (non-hydrogen) atoms. The number of thioether (sulfide) groups is 1. The molecule has 2 aromatic rings. The fraction of sp³-hybridized carbons (Fsp3) is 0.280. The Labute approximate surface area is 215 Å². The van der Waals surface area contributed by atoms with Crippen LogP contribution < -0.4 is 15.0 Å². The number of nitrogens with zero attached hydrogens (tertiary/aromatic N) is 2. The Bertz CT molecular complexity index is 1360. The van der Waals surface area contributed by atoms with E-state index in [9.17, 15) is 23.2 Å². The van der Waals surface area contributed by atoms with Gasteiger partial charge in [0.15, 0.2) is 5.17 Å².